The molecule has 0 saturated heterocycles. The highest BCUT2D eigenvalue weighted by molar-refractivity contribution is 5.62. The molecule has 0 aliphatic heterocycles. The Hall–Kier alpha value is -1.50. The fourth-order valence-electron chi connectivity index (χ4n) is 2.14. The third kappa shape index (κ3) is 7.75. The van der Waals surface area contributed by atoms with Crippen molar-refractivity contribution in [2.24, 2.45) is 5.92 Å². The van der Waals surface area contributed by atoms with E-state index >= 15 is 0 Å². The number of ether oxygens (including phenoxy) is 1. The SMILES string of the molecule is CC(C)=CCCC(C)CCOC=C(C)c1ccc(C)cc1. The highest BCUT2D eigenvalue weighted by atomic mass is 16.5. The molecule has 0 spiro atoms. The summed E-state index contributed by atoms with van der Waals surface area (Å²) in [6.07, 6.45) is 7.76. The van der Waals surface area contributed by atoms with Crippen molar-refractivity contribution in [1.29, 1.82) is 0 Å². The minimum atomic E-state index is 0.716. The van der Waals surface area contributed by atoms with Crippen LogP contribution in [0, 0.1) is 12.8 Å². The molecule has 0 radical (unpaired) electrons. The molecule has 0 amide bonds. The zero-order valence-electron chi connectivity index (χ0n) is 14.3. The average molecular weight is 286 g/mol. The molecule has 0 bridgehead atoms. The van der Waals surface area contributed by atoms with Gasteiger partial charge in [0.25, 0.3) is 0 Å². The Morgan fingerprint density at radius 2 is 1.76 bits per heavy atom. The van der Waals surface area contributed by atoms with Gasteiger partial charge in [-0.25, -0.2) is 0 Å². The first-order valence-electron chi connectivity index (χ1n) is 7.98. The van der Waals surface area contributed by atoms with E-state index in [2.05, 4.69) is 65.0 Å². The average Bonchev–Trinajstić information content (AvgIpc) is 2.43. The molecule has 0 heterocycles. The molecule has 1 nitrogen and oxygen atoms in total. The van der Waals surface area contributed by atoms with Crippen molar-refractivity contribution in [3.8, 4) is 0 Å². The van der Waals surface area contributed by atoms with Gasteiger partial charge in [0.2, 0.25) is 0 Å². The zero-order chi connectivity index (χ0) is 15.7. The molecule has 0 saturated carbocycles. The molecule has 116 valence electrons. The van der Waals surface area contributed by atoms with Crippen LogP contribution in [0.3, 0.4) is 0 Å². The molecule has 0 aliphatic carbocycles. The van der Waals surface area contributed by atoms with Gasteiger partial charge in [0.15, 0.2) is 0 Å². The summed E-state index contributed by atoms with van der Waals surface area (Å²) in [4.78, 5) is 0. The Morgan fingerprint density at radius 1 is 1.10 bits per heavy atom. The van der Waals surface area contributed by atoms with E-state index in [1.807, 2.05) is 6.26 Å². The predicted octanol–water partition coefficient (Wildman–Crippen LogP) is 6.15. The van der Waals surface area contributed by atoms with Gasteiger partial charge in [0.1, 0.15) is 0 Å². The van der Waals surface area contributed by atoms with Gasteiger partial charge in [-0.05, 0) is 64.0 Å². The van der Waals surface area contributed by atoms with Crippen LogP contribution in [0.25, 0.3) is 5.57 Å². The van der Waals surface area contributed by atoms with E-state index in [9.17, 15) is 0 Å². The minimum absolute atomic E-state index is 0.716. The van der Waals surface area contributed by atoms with E-state index in [0.29, 0.717) is 5.92 Å². The number of hydrogen-bond donors (Lipinski definition) is 0. The lowest BCUT2D eigenvalue weighted by Crippen LogP contribution is -1.99. The fourth-order valence-corrected chi connectivity index (χ4v) is 2.14. The van der Waals surface area contributed by atoms with Crippen LogP contribution in [0.2, 0.25) is 0 Å². The topological polar surface area (TPSA) is 9.23 Å². The van der Waals surface area contributed by atoms with Gasteiger partial charge >= 0.3 is 0 Å². The maximum atomic E-state index is 5.70. The van der Waals surface area contributed by atoms with Crippen molar-refractivity contribution in [1.82, 2.24) is 0 Å². The van der Waals surface area contributed by atoms with Gasteiger partial charge in [-0.3, -0.25) is 0 Å². The van der Waals surface area contributed by atoms with Crippen molar-refractivity contribution in [3.63, 3.8) is 0 Å². The van der Waals surface area contributed by atoms with Crippen LogP contribution in [-0.4, -0.2) is 6.61 Å². The lowest BCUT2D eigenvalue weighted by molar-refractivity contribution is 0.224. The van der Waals surface area contributed by atoms with Gasteiger partial charge in [0, 0.05) is 0 Å². The quantitative estimate of drug-likeness (QED) is 0.316. The third-order valence-corrected chi connectivity index (χ3v) is 3.71. The summed E-state index contributed by atoms with van der Waals surface area (Å²) in [7, 11) is 0. The summed E-state index contributed by atoms with van der Waals surface area (Å²) < 4.78 is 5.70. The summed E-state index contributed by atoms with van der Waals surface area (Å²) in [5.41, 5.74) is 5.12. The normalized spacial score (nSPS) is 12.9. The molecule has 0 N–H and O–H groups in total. The number of aryl methyl sites for hydroxylation is 1. The Labute approximate surface area is 130 Å². The van der Waals surface area contributed by atoms with Crippen molar-refractivity contribution in [2.75, 3.05) is 6.61 Å². The zero-order valence-corrected chi connectivity index (χ0v) is 14.3. The van der Waals surface area contributed by atoms with E-state index < -0.39 is 0 Å². The van der Waals surface area contributed by atoms with Crippen LogP contribution in [0.15, 0.2) is 42.2 Å². The molecular formula is C20H30O. The lowest BCUT2D eigenvalue weighted by atomic mass is 10.0. The molecule has 1 aromatic carbocycles. The predicted molar refractivity (Wildman–Crippen MR) is 93.2 cm³/mol. The minimum Gasteiger partial charge on any atom is -0.501 e. The first-order chi connectivity index (χ1) is 9.99. The van der Waals surface area contributed by atoms with Gasteiger partial charge in [-0.1, -0.05) is 48.4 Å². The maximum Gasteiger partial charge on any atom is 0.0876 e. The van der Waals surface area contributed by atoms with Crippen LogP contribution in [0.4, 0.5) is 0 Å². The number of allylic oxidation sites excluding steroid dienone is 3. The van der Waals surface area contributed by atoms with Crippen LogP contribution in [0.5, 0.6) is 0 Å². The maximum absolute atomic E-state index is 5.70. The van der Waals surface area contributed by atoms with Crippen LogP contribution >= 0.6 is 0 Å². The van der Waals surface area contributed by atoms with Gasteiger partial charge in [-0.15, -0.1) is 0 Å². The molecule has 1 heteroatoms. The Balaban J connectivity index is 2.27. The molecule has 1 aromatic rings. The molecule has 0 fully saturated rings. The second kappa shape index (κ2) is 9.44. The molecule has 1 atom stereocenters. The molecule has 1 rings (SSSR count). The second-order valence-corrected chi connectivity index (χ2v) is 6.29. The van der Waals surface area contributed by atoms with Crippen molar-refractivity contribution < 1.29 is 4.74 Å². The molecule has 0 aromatic heterocycles. The fraction of sp³-hybridized carbons (Fsp3) is 0.500. The van der Waals surface area contributed by atoms with E-state index in [1.165, 1.54) is 35.1 Å². The van der Waals surface area contributed by atoms with Gasteiger partial charge in [-0.2, -0.15) is 0 Å². The standard InChI is InChI=1S/C20H30O/c1-16(2)7-6-8-17(3)13-14-21-15-19(5)20-11-9-18(4)10-12-20/h7,9-12,15,17H,6,8,13-14H2,1-5H3. The Morgan fingerprint density at radius 3 is 2.38 bits per heavy atom. The Bertz CT molecular complexity index is 461. The second-order valence-electron chi connectivity index (χ2n) is 6.29. The van der Waals surface area contributed by atoms with Crippen LogP contribution in [-0.2, 0) is 4.74 Å². The molecule has 21 heavy (non-hydrogen) atoms. The third-order valence-electron chi connectivity index (χ3n) is 3.71. The van der Waals surface area contributed by atoms with E-state index in [-0.39, 0.29) is 0 Å². The summed E-state index contributed by atoms with van der Waals surface area (Å²) in [5.74, 6) is 0.716. The lowest BCUT2D eigenvalue weighted by Gasteiger charge is -2.10. The molecule has 0 aliphatic rings. The van der Waals surface area contributed by atoms with Crippen molar-refractivity contribution in [2.45, 2.75) is 53.9 Å². The number of hydrogen-bond acceptors (Lipinski definition) is 1. The van der Waals surface area contributed by atoms with E-state index in [1.54, 1.807) is 0 Å². The summed E-state index contributed by atoms with van der Waals surface area (Å²) >= 11 is 0. The van der Waals surface area contributed by atoms with Crippen molar-refractivity contribution >= 4 is 5.57 Å². The van der Waals surface area contributed by atoms with Gasteiger partial charge < -0.3 is 4.74 Å². The smallest absolute Gasteiger partial charge is 0.0876 e. The van der Waals surface area contributed by atoms with Crippen LogP contribution < -0.4 is 0 Å². The largest absolute Gasteiger partial charge is 0.501 e. The number of rotatable bonds is 8. The van der Waals surface area contributed by atoms with E-state index in [0.717, 1.165) is 13.0 Å². The van der Waals surface area contributed by atoms with Crippen molar-refractivity contribution in [3.05, 3.63) is 53.3 Å². The van der Waals surface area contributed by atoms with Gasteiger partial charge in [0.05, 0.1) is 12.9 Å². The summed E-state index contributed by atoms with van der Waals surface area (Å²) in [6.45, 7) is 11.6. The first-order valence-corrected chi connectivity index (χ1v) is 7.98. The Kier molecular flexibility index (Phi) is 7.89. The van der Waals surface area contributed by atoms with E-state index in [4.69, 9.17) is 4.74 Å². The summed E-state index contributed by atoms with van der Waals surface area (Å²) in [5, 5.41) is 0. The van der Waals surface area contributed by atoms with Crippen LogP contribution in [0.1, 0.15) is 58.1 Å². The summed E-state index contributed by atoms with van der Waals surface area (Å²) in [6, 6.07) is 8.56. The number of benzene rings is 1. The highest BCUT2D eigenvalue weighted by Gasteiger charge is 2.01. The molecule has 1 unspecified atom stereocenters. The first kappa shape index (κ1) is 17.6. The highest BCUT2D eigenvalue weighted by Crippen LogP contribution is 2.15. The monoisotopic (exact) mass is 286 g/mol. The molecular weight excluding hydrogens is 256 g/mol.